The molecule has 2 aromatic rings. The fraction of sp³-hybridized carbons (Fsp3) is 0.556. The lowest BCUT2D eigenvalue weighted by Gasteiger charge is -2.32. The number of anilines is 1. The minimum atomic E-state index is 0.157. The molecule has 0 aromatic carbocycles. The van der Waals surface area contributed by atoms with Crippen LogP contribution in [0.1, 0.15) is 38.6 Å². The molecule has 0 spiro atoms. The van der Waals surface area contributed by atoms with Gasteiger partial charge in [0, 0.05) is 57.3 Å². The number of aromatic nitrogens is 4. The van der Waals surface area contributed by atoms with E-state index in [-0.39, 0.29) is 5.91 Å². The van der Waals surface area contributed by atoms with Crippen molar-refractivity contribution in [3.05, 3.63) is 24.7 Å². The number of carbonyl (C=O) groups excluding carboxylic acids is 1. The molecule has 7 nitrogen and oxygen atoms in total. The van der Waals surface area contributed by atoms with Crippen LogP contribution in [0.25, 0.3) is 11.3 Å². The summed E-state index contributed by atoms with van der Waals surface area (Å²) in [5.74, 6) is 0.979. The van der Waals surface area contributed by atoms with Gasteiger partial charge in [0.2, 0.25) is 11.9 Å². The highest BCUT2D eigenvalue weighted by Gasteiger charge is 2.24. The Hall–Kier alpha value is -2.44. The molecule has 0 saturated carbocycles. The third kappa shape index (κ3) is 3.23. The van der Waals surface area contributed by atoms with E-state index in [1.54, 1.807) is 6.92 Å². The summed E-state index contributed by atoms with van der Waals surface area (Å²) in [5.41, 5.74) is 2.05. The molecule has 0 aliphatic carbocycles. The van der Waals surface area contributed by atoms with E-state index < -0.39 is 0 Å². The van der Waals surface area contributed by atoms with Crippen molar-refractivity contribution in [1.82, 2.24) is 24.6 Å². The molecule has 0 radical (unpaired) electrons. The van der Waals surface area contributed by atoms with E-state index in [1.165, 1.54) is 12.8 Å². The standard InChI is InChI=1S/C18H24N6O/c1-14(25)22-10-5-16(6-11-22)24-17(4-7-21-24)15-12-19-18(20-13-15)23-8-2-3-9-23/h4,7,12-13,16H,2-3,5-6,8-11H2,1H3. The van der Waals surface area contributed by atoms with E-state index in [9.17, 15) is 4.79 Å². The molecule has 2 fully saturated rings. The van der Waals surface area contributed by atoms with Crippen molar-refractivity contribution in [3.63, 3.8) is 0 Å². The quantitative estimate of drug-likeness (QED) is 0.856. The Morgan fingerprint density at radius 3 is 2.40 bits per heavy atom. The Balaban J connectivity index is 1.50. The van der Waals surface area contributed by atoms with Crippen LogP contribution in [0.2, 0.25) is 0 Å². The highest BCUT2D eigenvalue weighted by molar-refractivity contribution is 5.73. The van der Waals surface area contributed by atoms with Gasteiger partial charge in [-0.25, -0.2) is 9.97 Å². The van der Waals surface area contributed by atoms with Gasteiger partial charge in [-0.3, -0.25) is 9.48 Å². The van der Waals surface area contributed by atoms with Gasteiger partial charge in [-0.15, -0.1) is 0 Å². The zero-order valence-corrected chi connectivity index (χ0v) is 14.6. The summed E-state index contributed by atoms with van der Waals surface area (Å²) in [5, 5.41) is 4.53. The second-order valence-corrected chi connectivity index (χ2v) is 6.86. The van der Waals surface area contributed by atoms with E-state index in [1.807, 2.05) is 29.6 Å². The maximum Gasteiger partial charge on any atom is 0.225 e. The van der Waals surface area contributed by atoms with Crippen LogP contribution < -0.4 is 4.90 Å². The van der Waals surface area contributed by atoms with Crippen molar-refractivity contribution < 1.29 is 4.79 Å². The molecule has 0 bridgehead atoms. The van der Waals surface area contributed by atoms with Crippen LogP contribution in [0.15, 0.2) is 24.7 Å². The average molecular weight is 340 g/mol. The fourth-order valence-electron chi connectivity index (χ4n) is 3.79. The highest BCUT2D eigenvalue weighted by atomic mass is 16.2. The van der Waals surface area contributed by atoms with Crippen molar-refractivity contribution >= 4 is 11.9 Å². The molecule has 2 aliphatic rings. The fourth-order valence-corrected chi connectivity index (χ4v) is 3.79. The lowest BCUT2D eigenvalue weighted by Crippen LogP contribution is -2.38. The average Bonchev–Trinajstić information content (AvgIpc) is 3.34. The molecule has 0 atom stereocenters. The van der Waals surface area contributed by atoms with Gasteiger partial charge < -0.3 is 9.80 Å². The van der Waals surface area contributed by atoms with Gasteiger partial charge in [0.25, 0.3) is 0 Å². The first-order valence-corrected chi connectivity index (χ1v) is 9.09. The van der Waals surface area contributed by atoms with Crippen LogP contribution in [0.3, 0.4) is 0 Å². The molecule has 2 aromatic heterocycles. The molecule has 0 unspecified atom stereocenters. The number of rotatable bonds is 3. The molecule has 7 heteroatoms. The van der Waals surface area contributed by atoms with Crippen molar-refractivity contribution in [3.8, 4) is 11.3 Å². The number of carbonyl (C=O) groups is 1. The monoisotopic (exact) mass is 340 g/mol. The van der Waals surface area contributed by atoms with E-state index in [4.69, 9.17) is 0 Å². The number of amides is 1. The number of nitrogens with zero attached hydrogens (tertiary/aromatic N) is 6. The summed E-state index contributed by atoms with van der Waals surface area (Å²) in [6.07, 6.45) is 9.94. The van der Waals surface area contributed by atoms with Gasteiger partial charge in [0.15, 0.2) is 0 Å². The zero-order chi connectivity index (χ0) is 17.2. The molecule has 4 rings (SSSR count). The Morgan fingerprint density at radius 1 is 1.08 bits per heavy atom. The third-order valence-electron chi connectivity index (χ3n) is 5.25. The van der Waals surface area contributed by atoms with Crippen LogP contribution in [0.5, 0.6) is 0 Å². The summed E-state index contributed by atoms with van der Waals surface area (Å²) in [7, 11) is 0. The summed E-state index contributed by atoms with van der Waals surface area (Å²) in [6, 6.07) is 2.34. The lowest BCUT2D eigenvalue weighted by atomic mass is 10.0. The van der Waals surface area contributed by atoms with Crippen molar-refractivity contribution in [2.45, 2.75) is 38.6 Å². The van der Waals surface area contributed by atoms with Gasteiger partial charge >= 0.3 is 0 Å². The minimum Gasteiger partial charge on any atom is -0.343 e. The predicted molar refractivity (Wildman–Crippen MR) is 95.2 cm³/mol. The summed E-state index contributed by atoms with van der Waals surface area (Å²) >= 11 is 0. The molecule has 1 amide bonds. The van der Waals surface area contributed by atoms with Crippen LogP contribution in [0, 0.1) is 0 Å². The maximum absolute atomic E-state index is 11.5. The number of hydrogen-bond acceptors (Lipinski definition) is 5. The van der Waals surface area contributed by atoms with E-state index in [0.29, 0.717) is 6.04 Å². The largest absolute Gasteiger partial charge is 0.343 e. The Bertz CT molecular complexity index is 726. The highest BCUT2D eigenvalue weighted by Crippen LogP contribution is 2.28. The predicted octanol–water partition coefficient (Wildman–Crippen LogP) is 2.12. The molecule has 4 heterocycles. The maximum atomic E-state index is 11.5. The van der Waals surface area contributed by atoms with Crippen LogP contribution >= 0.6 is 0 Å². The molecular formula is C18H24N6O. The Labute approximate surface area is 147 Å². The second-order valence-electron chi connectivity index (χ2n) is 6.86. The van der Waals surface area contributed by atoms with Gasteiger partial charge in [-0.2, -0.15) is 5.10 Å². The first-order chi connectivity index (χ1) is 12.2. The molecule has 132 valence electrons. The van der Waals surface area contributed by atoms with Gasteiger partial charge in [-0.05, 0) is 31.7 Å². The van der Waals surface area contributed by atoms with Gasteiger partial charge in [0.1, 0.15) is 0 Å². The first-order valence-electron chi connectivity index (χ1n) is 9.09. The second kappa shape index (κ2) is 6.82. The smallest absolute Gasteiger partial charge is 0.225 e. The molecular weight excluding hydrogens is 316 g/mol. The minimum absolute atomic E-state index is 0.157. The summed E-state index contributed by atoms with van der Waals surface area (Å²) < 4.78 is 2.08. The van der Waals surface area contributed by atoms with Crippen LogP contribution in [-0.2, 0) is 4.79 Å². The normalized spacial score (nSPS) is 18.8. The first kappa shape index (κ1) is 16.1. The molecule has 25 heavy (non-hydrogen) atoms. The number of likely N-dealkylation sites (tertiary alicyclic amines) is 1. The number of hydrogen-bond donors (Lipinski definition) is 0. The Kier molecular flexibility index (Phi) is 4.38. The van der Waals surface area contributed by atoms with E-state index in [0.717, 1.165) is 56.2 Å². The molecule has 2 aliphatic heterocycles. The van der Waals surface area contributed by atoms with Gasteiger partial charge in [0.05, 0.1) is 11.7 Å². The zero-order valence-electron chi connectivity index (χ0n) is 14.6. The topological polar surface area (TPSA) is 67.2 Å². The summed E-state index contributed by atoms with van der Waals surface area (Å²) in [6.45, 7) is 5.32. The molecule has 2 saturated heterocycles. The van der Waals surface area contributed by atoms with Crippen molar-refractivity contribution in [2.24, 2.45) is 0 Å². The van der Waals surface area contributed by atoms with Crippen molar-refractivity contribution in [1.29, 1.82) is 0 Å². The van der Waals surface area contributed by atoms with Crippen molar-refractivity contribution in [2.75, 3.05) is 31.1 Å². The third-order valence-corrected chi connectivity index (χ3v) is 5.25. The number of piperidine rings is 1. The molecule has 0 N–H and O–H groups in total. The van der Waals surface area contributed by atoms with Crippen LogP contribution in [-0.4, -0.2) is 56.7 Å². The Morgan fingerprint density at radius 2 is 1.76 bits per heavy atom. The van der Waals surface area contributed by atoms with E-state index in [2.05, 4.69) is 24.6 Å². The SMILES string of the molecule is CC(=O)N1CCC(n2nccc2-c2cnc(N3CCCC3)nc2)CC1. The van der Waals surface area contributed by atoms with E-state index >= 15 is 0 Å². The summed E-state index contributed by atoms with van der Waals surface area (Å²) in [4.78, 5) is 24.8. The van der Waals surface area contributed by atoms with Crippen LogP contribution in [0.4, 0.5) is 5.95 Å². The van der Waals surface area contributed by atoms with Gasteiger partial charge in [-0.1, -0.05) is 0 Å². The lowest BCUT2D eigenvalue weighted by molar-refractivity contribution is -0.130.